The Morgan fingerprint density at radius 2 is 1.78 bits per heavy atom. The lowest BCUT2D eigenvalue weighted by molar-refractivity contribution is -0.115. The molecule has 0 aliphatic heterocycles. The number of hydrogen-bond donors (Lipinski definition) is 3. The maximum absolute atomic E-state index is 11.0. The smallest absolute Gasteiger partial charge is 0.224 e. The first-order chi connectivity index (χ1) is 11.1. The van der Waals surface area contributed by atoms with Gasteiger partial charge >= 0.3 is 0 Å². The number of anilines is 2. The molecular weight excluding hydrogens is 288 g/mol. The number of nitrogens with zero attached hydrogens (tertiary/aromatic N) is 2. The SMILES string of the molecule is CNc1nc(C)cc(NC[C@H](O)C23CC4CC(CC(C4)C2)C3)n1. The van der Waals surface area contributed by atoms with Crippen LogP contribution in [-0.2, 0) is 0 Å². The molecule has 1 atom stereocenters. The fraction of sp³-hybridized carbons (Fsp3) is 0.778. The number of nitrogens with one attached hydrogen (secondary N) is 2. The molecule has 1 aromatic rings. The average molecular weight is 316 g/mol. The first kappa shape index (κ1) is 15.2. The number of aryl methyl sites for hydroxylation is 1. The Labute approximate surface area is 138 Å². The van der Waals surface area contributed by atoms with Gasteiger partial charge in [-0.3, -0.25) is 0 Å². The fourth-order valence-corrected chi connectivity index (χ4v) is 5.77. The summed E-state index contributed by atoms with van der Waals surface area (Å²) in [5.41, 5.74) is 1.09. The summed E-state index contributed by atoms with van der Waals surface area (Å²) in [6.45, 7) is 2.55. The van der Waals surface area contributed by atoms with Crippen LogP contribution in [0.2, 0.25) is 0 Å². The van der Waals surface area contributed by atoms with Crippen molar-refractivity contribution in [1.29, 1.82) is 0 Å². The lowest BCUT2D eigenvalue weighted by Crippen LogP contribution is -2.53. The molecule has 0 radical (unpaired) electrons. The third-order valence-electron chi connectivity index (χ3n) is 6.35. The van der Waals surface area contributed by atoms with Crippen LogP contribution in [0.5, 0.6) is 0 Å². The lowest BCUT2D eigenvalue weighted by atomic mass is 9.48. The van der Waals surface area contributed by atoms with Crippen LogP contribution >= 0.6 is 0 Å². The molecule has 0 amide bonds. The van der Waals surface area contributed by atoms with Crippen molar-refractivity contribution in [3.05, 3.63) is 11.8 Å². The monoisotopic (exact) mass is 316 g/mol. The molecule has 1 aromatic heterocycles. The van der Waals surface area contributed by atoms with Crippen molar-refractivity contribution in [2.75, 3.05) is 24.2 Å². The Morgan fingerprint density at radius 3 is 2.35 bits per heavy atom. The van der Waals surface area contributed by atoms with E-state index in [1.165, 1.54) is 38.5 Å². The van der Waals surface area contributed by atoms with E-state index < -0.39 is 0 Å². The van der Waals surface area contributed by atoms with E-state index >= 15 is 0 Å². The summed E-state index contributed by atoms with van der Waals surface area (Å²) >= 11 is 0. The van der Waals surface area contributed by atoms with Gasteiger partial charge in [0.1, 0.15) is 5.82 Å². The Hall–Kier alpha value is -1.36. The highest BCUT2D eigenvalue weighted by molar-refractivity contribution is 5.42. The van der Waals surface area contributed by atoms with Gasteiger partial charge in [0.15, 0.2) is 0 Å². The number of aromatic nitrogens is 2. The second-order valence-electron chi connectivity index (χ2n) is 8.14. The Bertz CT molecular complexity index is 553. The minimum Gasteiger partial charge on any atom is -0.391 e. The van der Waals surface area contributed by atoms with Crippen molar-refractivity contribution in [3.63, 3.8) is 0 Å². The third-order valence-corrected chi connectivity index (χ3v) is 6.35. The number of aliphatic hydroxyl groups is 1. The zero-order chi connectivity index (χ0) is 16.0. The first-order valence-corrected chi connectivity index (χ1v) is 9.02. The fourth-order valence-electron chi connectivity index (χ4n) is 5.77. The largest absolute Gasteiger partial charge is 0.391 e. The van der Waals surface area contributed by atoms with Gasteiger partial charge in [-0.1, -0.05) is 0 Å². The molecule has 5 rings (SSSR count). The zero-order valence-corrected chi connectivity index (χ0v) is 14.2. The molecule has 0 saturated heterocycles. The summed E-state index contributed by atoms with van der Waals surface area (Å²) in [5.74, 6) is 4.02. The molecule has 5 heteroatoms. The normalized spacial score (nSPS) is 36.0. The molecule has 0 aromatic carbocycles. The van der Waals surface area contributed by atoms with Gasteiger partial charge in [0.05, 0.1) is 6.10 Å². The lowest BCUT2D eigenvalue weighted by Gasteiger charge is -2.58. The second-order valence-corrected chi connectivity index (χ2v) is 8.14. The van der Waals surface area contributed by atoms with Crippen LogP contribution in [-0.4, -0.2) is 34.8 Å². The van der Waals surface area contributed by atoms with E-state index in [1.807, 2.05) is 20.0 Å². The quantitative estimate of drug-likeness (QED) is 0.779. The van der Waals surface area contributed by atoms with Crippen molar-refractivity contribution in [1.82, 2.24) is 9.97 Å². The second kappa shape index (κ2) is 5.62. The Morgan fingerprint density at radius 1 is 1.17 bits per heavy atom. The van der Waals surface area contributed by atoms with Crippen LogP contribution < -0.4 is 10.6 Å². The molecule has 0 unspecified atom stereocenters. The topological polar surface area (TPSA) is 70.1 Å². The highest BCUT2D eigenvalue weighted by atomic mass is 16.3. The molecule has 4 fully saturated rings. The average Bonchev–Trinajstić information content (AvgIpc) is 2.50. The van der Waals surface area contributed by atoms with Gasteiger partial charge in [-0.15, -0.1) is 0 Å². The van der Waals surface area contributed by atoms with E-state index in [2.05, 4.69) is 20.6 Å². The van der Waals surface area contributed by atoms with Crippen molar-refractivity contribution in [2.45, 2.75) is 51.6 Å². The summed E-state index contributed by atoms with van der Waals surface area (Å²) < 4.78 is 0. The van der Waals surface area contributed by atoms with Crippen molar-refractivity contribution < 1.29 is 5.11 Å². The summed E-state index contributed by atoms with van der Waals surface area (Å²) in [6.07, 6.45) is 7.65. The highest BCUT2D eigenvalue weighted by Crippen LogP contribution is 2.61. The van der Waals surface area contributed by atoms with Crippen LogP contribution in [0.25, 0.3) is 0 Å². The Balaban J connectivity index is 1.44. The predicted molar refractivity (Wildman–Crippen MR) is 91.4 cm³/mol. The van der Waals surface area contributed by atoms with E-state index in [-0.39, 0.29) is 11.5 Å². The van der Waals surface area contributed by atoms with Gasteiger partial charge in [0.2, 0.25) is 5.95 Å². The number of aliphatic hydroxyl groups excluding tert-OH is 1. The van der Waals surface area contributed by atoms with E-state index in [4.69, 9.17) is 0 Å². The molecule has 3 N–H and O–H groups in total. The van der Waals surface area contributed by atoms with Gasteiger partial charge in [0, 0.05) is 25.4 Å². The number of rotatable bonds is 5. The van der Waals surface area contributed by atoms with E-state index in [0.29, 0.717) is 12.5 Å². The molecule has 5 nitrogen and oxygen atoms in total. The zero-order valence-electron chi connectivity index (χ0n) is 14.2. The first-order valence-electron chi connectivity index (χ1n) is 9.02. The standard InChI is InChI=1S/C18H28N4O/c1-11-3-16(22-17(19-2)21-11)20-10-15(23)18-7-12-4-13(8-18)6-14(5-12)9-18/h3,12-15,23H,4-10H2,1-2H3,(H2,19,20,21,22)/t12?,13?,14?,15-,18?/m0/s1. The Kier molecular flexibility index (Phi) is 3.71. The van der Waals surface area contributed by atoms with Crippen LogP contribution in [0.3, 0.4) is 0 Å². The van der Waals surface area contributed by atoms with E-state index in [1.54, 1.807) is 0 Å². The summed E-state index contributed by atoms with van der Waals surface area (Å²) in [7, 11) is 1.82. The van der Waals surface area contributed by atoms with Crippen LogP contribution in [0, 0.1) is 30.1 Å². The van der Waals surface area contributed by atoms with Crippen LogP contribution in [0.15, 0.2) is 6.07 Å². The summed E-state index contributed by atoms with van der Waals surface area (Å²) in [6, 6.07) is 1.94. The minimum atomic E-state index is -0.274. The van der Waals surface area contributed by atoms with Gasteiger partial charge in [-0.05, 0) is 68.6 Å². The molecular formula is C18H28N4O. The van der Waals surface area contributed by atoms with Crippen molar-refractivity contribution in [2.24, 2.45) is 23.2 Å². The molecule has 23 heavy (non-hydrogen) atoms. The third kappa shape index (κ3) is 2.80. The number of hydrogen-bond acceptors (Lipinski definition) is 5. The molecule has 1 heterocycles. The van der Waals surface area contributed by atoms with Gasteiger partial charge in [-0.25, -0.2) is 4.98 Å². The van der Waals surface area contributed by atoms with Crippen molar-refractivity contribution >= 4 is 11.8 Å². The van der Waals surface area contributed by atoms with E-state index in [9.17, 15) is 5.11 Å². The summed E-state index contributed by atoms with van der Waals surface area (Å²) in [5, 5.41) is 17.3. The molecule has 4 bridgehead atoms. The van der Waals surface area contributed by atoms with E-state index in [0.717, 1.165) is 29.3 Å². The van der Waals surface area contributed by atoms with Crippen LogP contribution in [0.1, 0.15) is 44.2 Å². The molecule has 0 spiro atoms. The molecule has 4 aliphatic carbocycles. The highest BCUT2D eigenvalue weighted by Gasteiger charge is 2.53. The predicted octanol–water partition coefficient (Wildman–Crippen LogP) is 2.82. The molecule has 126 valence electrons. The molecule has 4 saturated carbocycles. The van der Waals surface area contributed by atoms with Crippen molar-refractivity contribution in [3.8, 4) is 0 Å². The van der Waals surface area contributed by atoms with Gasteiger partial charge in [-0.2, -0.15) is 4.98 Å². The summed E-state index contributed by atoms with van der Waals surface area (Å²) in [4.78, 5) is 8.74. The minimum absolute atomic E-state index is 0.162. The molecule has 4 aliphatic rings. The maximum atomic E-state index is 11.0. The van der Waals surface area contributed by atoms with Gasteiger partial charge < -0.3 is 15.7 Å². The van der Waals surface area contributed by atoms with Gasteiger partial charge in [0.25, 0.3) is 0 Å². The maximum Gasteiger partial charge on any atom is 0.224 e. The van der Waals surface area contributed by atoms with Crippen LogP contribution in [0.4, 0.5) is 11.8 Å².